The molecule has 1 unspecified atom stereocenters. The number of carbonyl (C=O) groups excluding carboxylic acids is 1. The van der Waals surface area contributed by atoms with Gasteiger partial charge in [0, 0.05) is 12.6 Å². The summed E-state index contributed by atoms with van der Waals surface area (Å²) < 4.78 is 0. The number of para-hydroxylation sites is 1. The lowest BCUT2D eigenvalue weighted by Gasteiger charge is -2.37. The summed E-state index contributed by atoms with van der Waals surface area (Å²) in [6.07, 6.45) is 2.01. The minimum Gasteiger partial charge on any atom is -0.305 e. The summed E-state index contributed by atoms with van der Waals surface area (Å²) in [6, 6.07) is 18.7. The standard InChI is InChI=1S/C17H17NO/c1-13(19)18-16-10-6-5-9-15(16)11-12-17(18)14-7-3-2-4-8-14/h2-10,17H,11-12H2,1H3. The number of benzene rings is 2. The number of nitrogens with zero attached hydrogens (tertiary/aromatic N) is 1. The van der Waals surface area contributed by atoms with Gasteiger partial charge in [-0.15, -0.1) is 0 Å². The maximum Gasteiger partial charge on any atom is 0.224 e. The first-order valence-corrected chi connectivity index (χ1v) is 6.70. The van der Waals surface area contributed by atoms with Crippen LogP contribution in [0.25, 0.3) is 0 Å². The maximum atomic E-state index is 12.1. The zero-order valence-corrected chi connectivity index (χ0v) is 11.0. The summed E-state index contributed by atoms with van der Waals surface area (Å²) in [5.74, 6) is 0.112. The largest absolute Gasteiger partial charge is 0.305 e. The van der Waals surface area contributed by atoms with Crippen molar-refractivity contribution in [3.63, 3.8) is 0 Å². The second-order valence-corrected chi connectivity index (χ2v) is 4.98. The fraction of sp³-hybridized carbons (Fsp3) is 0.235. The van der Waals surface area contributed by atoms with Crippen LogP contribution >= 0.6 is 0 Å². The van der Waals surface area contributed by atoms with Crippen LogP contribution < -0.4 is 4.90 Å². The van der Waals surface area contributed by atoms with Gasteiger partial charge in [0.05, 0.1) is 6.04 Å². The van der Waals surface area contributed by atoms with Gasteiger partial charge in [0.1, 0.15) is 0 Å². The summed E-state index contributed by atoms with van der Waals surface area (Å²) in [5, 5.41) is 0. The van der Waals surface area contributed by atoms with Crippen LogP contribution in [-0.2, 0) is 11.2 Å². The van der Waals surface area contributed by atoms with Gasteiger partial charge in [0.15, 0.2) is 0 Å². The van der Waals surface area contributed by atoms with Gasteiger partial charge in [-0.1, -0.05) is 48.5 Å². The molecule has 2 heteroatoms. The van der Waals surface area contributed by atoms with E-state index in [-0.39, 0.29) is 11.9 Å². The molecule has 0 N–H and O–H groups in total. The van der Waals surface area contributed by atoms with Crippen molar-refractivity contribution in [3.8, 4) is 0 Å². The molecular weight excluding hydrogens is 234 g/mol. The topological polar surface area (TPSA) is 20.3 Å². The summed E-state index contributed by atoms with van der Waals surface area (Å²) in [6.45, 7) is 1.65. The Hall–Kier alpha value is -2.09. The highest BCUT2D eigenvalue weighted by Gasteiger charge is 2.29. The monoisotopic (exact) mass is 251 g/mol. The average molecular weight is 251 g/mol. The van der Waals surface area contributed by atoms with E-state index in [1.165, 1.54) is 11.1 Å². The molecule has 1 heterocycles. The van der Waals surface area contributed by atoms with E-state index < -0.39 is 0 Å². The summed E-state index contributed by atoms with van der Waals surface area (Å²) >= 11 is 0. The number of hydrogen-bond acceptors (Lipinski definition) is 1. The number of hydrogen-bond donors (Lipinski definition) is 0. The van der Waals surface area contributed by atoms with Gasteiger partial charge in [0.2, 0.25) is 5.91 Å². The quantitative estimate of drug-likeness (QED) is 0.756. The number of amides is 1. The molecule has 2 nitrogen and oxygen atoms in total. The average Bonchev–Trinajstić information content (AvgIpc) is 2.46. The van der Waals surface area contributed by atoms with Crippen molar-refractivity contribution in [3.05, 3.63) is 65.7 Å². The van der Waals surface area contributed by atoms with Crippen molar-refractivity contribution in [2.75, 3.05) is 4.90 Å². The van der Waals surface area contributed by atoms with Crippen molar-refractivity contribution in [2.24, 2.45) is 0 Å². The second-order valence-electron chi connectivity index (χ2n) is 4.98. The lowest BCUT2D eigenvalue weighted by atomic mass is 9.91. The Morgan fingerprint density at radius 1 is 1.05 bits per heavy atom. The van der Waals surface area contributed by atoms with Gasteiger partial charge >= 0.3 is 0 Å². The van der Waals surface area contributed by atoms with E-state index in [0.717, 1.165) is 18.5 Å². The molecule has 0 bridgehead atoms. The number of rotatable bonds is 1. The van der Waals surface area contributed by atoms with Gasteiger partial charge in [0.25, 0.3) is 0 Å². The molecule has 1 aliphatic rings. The highest BCUT2D eigenvalue weighted by atomic mass is 16.2. The van der Waals surface area contributed by atoms with Crippen molar-refractivity contribution < 1.29 is 4.79 Å². The Morgan fingerprint density at radius 3 is 2.47 bits per heavy atom. The lowest BCUT2D eigenvalue weighted by molar-refractivity contribution is -0.117. The number of aryl methyl sites for hydroxylation is 1. The van der Waals surface area contributed by atoms with Crippen LogP contribution in [0.5, 0.6) is 0 Å². The molecule has 96 valence electrons. The fourth-order valence-electron chi connectivity index (χ4n) is 2.93. The van der Waals surface area contributed by atoms with Crippen LogP contribution in [0.1, 0.15) is 30.5 Å². The molecule has 0 saturated heterocycles. The zero-order chi connectivity index (χ0) is 13.2. The van der Waals surface area contributed by atoms with E-state index in [2.05, 4.69) is 18.2 Å². The fourth-order valence-corrected chi connectivity index (χ4v) is 2.93. The van der Waals surface area contributed by atoms with E-state index in [4.69, 9.17) is 0 Å². The first-order chi connectivity index (χ1) is 9.27. The van der Waals surface area contributed by atoms with Crippen molar-refractivity contribution >= 4 is 11.6 Å². The van der Waals surface area contributed by atoms with Gasteiger partial charge in [-0.3, -0.25) is 4.79 Å². The number of carbonyl (C=O) groups is 1. The Balaban J connectivity index is 2.06. The molecule has 1 amide bonds. The van der Waals surface area contributed by atoms with Crippen LogP contribution in [0, 0.1) is 0 Å². The van der Waals surface area contributed by atoms with Crippen LogP contribution in [-0.4, -0.2) is 5.91 Å². The molecule has 0 aromatic heterocycles. The van der Waals surface area contributed by atoms with E-state index in [9.17, 15) is 4.79 Å². The molecule has 0 spiro atoms. The lowest BCUT2D eigenvalue weighted by Crippen LogP contribution is -2.36. The zero-order valence-electron chi connectivity index (χ0n) is 11.0. The highest BCUT2D eigenvalue weighted by molar-refractivity contribution is 5.93. The van der Waals surface area contributed by atoms with Gasteiger partial charge < -0.3 is 4.90 Å². The number of anilines is 1. The van der Waals surface area contributed by atoms with Crippen molar-refractivity contribution in [1.29, 1.82) is 0 Å². The maximum absolute atomic E-state index is 12.1. The molecule has 2 aromatic carbocycles. The van der Waals surface area contributed by atoms with Crippen molar-refractivity contribution in [1.82, 2.24) is 0 Å². The van der Waals surface area contributed by atoms with E-state index in [0.29, 0.717) is 0 Å². The first kappa shape index (κ1) is 12.0. The summed E-state index contributed by atoms with van der Waals surface area (Å²) in [4.78, 5) is 14.0. The van der Waals surface area contributed by atoms with Crippen LogP contribution in [0.4, 0.5) is 5.69 Å². The second kappa shape index (κ2) is 4.88. The Kier molecular flexibility index (Phi) is 3.08. The minimum atomic E-state index is 0.112. The predicted octanol–water partition coefficient (Wildman–Crippen LogP) is 3.73. The van der Waals surface area contributed by atoms with Gasteiger partial charge in [-0.25, -0.2) is 0 Å². The van der Waals surface area contributed by atoms with Crippen molar-refractivity contribution in [2.45, 2.75) is 25.8 Å². The Bertz CT molecular complexity index is 591. The normalized spacial score (nSPS) is 17.9. The highest BCUT2D eigenvalue weighted by Crippen LogP contribution is 2.38. The molecule has 3 rings (SSSR count). The molecule has 1 atom stereocenters. The van der Waals surface area contributed by atoms with Crippen LogP contribution in [0.3, 0.4) is 0 Å². The molecule has 0 aliphatic carbocycles. The third-order valence-corrected chi connectivity index (χ3v) is 3.77. The third kappa shape index (κ3) is 2.14. The molecule has 0 saturated carbocycles. The molecule has 0 fully saturated rings. The Morgan fingerprint density at radius 2 is 1.74 bits per heavy atom. The molecule has 2 aromatic rings. The molecule has 0 radical (unpaired) electrons. The van der Waals surface area contributed by atoms with Gasteiger partial charge in [-0.05, 0) is 30.0 Å². The van der Waals surface area contributed by atoms with E-state index in [1.807, 2.05) is 41.3 Å². The van der Waals surface area contributed by atoms with E-state index in [1.54, 1.807) is 6.92 Å². The van der Waals surface area contributed by atoms with Crippen LogP contribution in [0.2, 0.25) is 0 Å². The van der Waals surface area contributed by atoms with Crippen LogP contribution in [0.15, 0.2) is 54.6 Å². The smallest absolute Gasteiger partial charge is 0.224 e. The molecular formula is C17H17NO. The SMILES string of the molecule is CC(=O)N1c2ccccc2CCC1c1ccccc1. The summed E-state index contributed by atoms with van der Waals surface area (Å²) in [5.41, 5.74) is 3.55. The number of fused-ring (bicyclic) bond motifs is 1. The molecule has 19 heavy (non-hydrogen) atoms. The minimum absolute atomic E-state index is 0.112. The third-order valence-electron chi connectivity index (χ3n) is 3.77. The van der Waals surface area contributed by atoms with Gasteiger partial charge in [-0.2, -0.15) is 0 Å². The summed E-state index contributed by atoms with van der Waals surface area (Å²) in [7, 11) is 0. The first-order valence-electron chi connectivity index (χ1n) is 6.70. The molecule has 1 aliphatic heterocycles. The predicted molar refractivity (Wildman–Crippen MR) is 77.1 cm³/mol. The van der Waals surface area contributed by atoms with E-state index >= 15 is 0 Å². The Labute approximate surface area is 113 Å².